The van der Waals surface area contributed by atoms with E-state index in [1.807, 2.05) is 83.1 Å². The molecule has 0 spiro atoms. The minimum Gasteiger partial charge on any atom is -0.347 e. The van der Waals surface area contributed by atoms with Crippen LogP contribution < -0.4 is 0 Å². The Bertz CT molecular complexity index is 282. The highest BCUT2D eigenvalue weighted by Crippen LogP contribution is 2.25. The Balaban J connectivity index is 4.94. The van der Waals surface area contributed by atoms with Gasteiger partial charge in [-0.15, -0.1) is 0 Å². The molecule has 0 saturated carbocycles. The summed E-state index contributed by atoms with van der Waals surface area (Å²) in [4.78, 5) is 0. The molecular weight excluding hydrogens is 304 g/mol. The van der Waals surface area contributed by atoms with Crippen molar-refractivity contribution in [3.8, 4) is 0 Å². The van der Waals surface area contributed by atoms with E-state index in [2.05, 4.69) is 0 Å². The topological polar surface area (TPSA) is 36.9 Å². The summed E-state index contributed by atoms with van der Waals surface area (Å²) in [6, 6.07) is 0. The van der Waals surface area contributed by atoms with E-state index in [0.29, 0.717) is 12.8 Å². The minimum absolute atomic E-state index is 0.263. The molecule has 0 unspecified atom stereocenters. The predicted molar refractivity (Wildman–Crippen MR) is 100 cm³/mol. The highest BCUT2D eigenvalue weighted by atomic mass is 16.7. The Morgan fingerprint density at radius 1 is 0.417 bits per heavy atom. The summed E-state index contributed by atoms with van der Waals surface area (Å²) in [7, 11) is 0. The maximum atomic E-state index is 6.09. The standard InChI is InChI=1S/C20H42O4/c1-17(2,3)21-15(22-18(4,5)6)13-14-16(23-19(7,8)9)24-20(10,11)12/h15-16H,13-14H2,1-12H3. The molecule has 0 aliphatic heterocycles. The largest absolute Gasteiger partial charge is 0.347 e. The van der Waals surface area contributed by atoms with Gasteiger partial charge in [-0.25, -0.2) is 0 Å². The minimum atomic E-state index is -0.292. The third-order valence-corrected chi connectivity index (χ3v) is 2.58. The van der Waals surface area contributed by atoms with Crippen LogP contribution in [0.15, 0.2) is 0 Å². The van der Waals surface area contributed by atoms with Crippen LogP contribution >= 0.6 is 0 Å². The summed E-state index contributed by atoms with van der Waals surface area (Å²) < 4.78 is 24.4. The van der Waals surface area contributed by atoms with Gasteiger partial charge < -0.3 is 18.9 Å². The Morgan fingerprint density at radius 3 is 0.708 bits per heavy atom. The highest BCUT2D eigenvalue weighted by Gasteiger charge is 2.29. The van der Waals surface area contributed by atoms with Crippen LogP contribution in [0.5, 0.6) is 0 Å². The van der Waals surface area contributed by atoms with Gasteiger partial charge >= 0.3 is 0 Å². The van der Waals surface area contributed by atoms with Crippen molar-refractivity contribution < 1.29 is 18.9 Å². The van der Waals surface area contributed by atoms with Gasteiger partial charge in [0.1, 0.15) is 0 Å². The maximum absolute atomic E-state index is 6.09. The lowest BCUT2D eigenvalue weighted by Crippen LogP contribution is -2.38. The summed E-state index contributed by atoms with van der Waals surface area (Å²) in [5, 5.41) is 0. The molecule has 0 aliphatic rings. The average molecular weight is 347 g/mol. The van der Waals surface area contributed by atoms with Gasteiger partial charge in [-0.1, -0.05) is 0 Å². The molecule has 0 aromatic rings. The quantitative estimate of drug-likeness (QED) is 0.556. The molecule has 0 aliphatic carbocycles. The zero-order valence-corrected chi connectivity index (χ0v) is 18.2. The van der Waals surface area contributed by atoms with Crippen LogP contribution in [0.25, 0.3) is 0 Å². The smallest absolute Gasteiger partial charge is 0.159 e. The van der Waals surface area contributed by atoms with Gasteiger partial charge in [-0.2, -0.15) is 0 Å². The van der Waals surface area contributed by atoms with Gasteiger partial charge in [0.15, 0.2) is 12.6 Å². The molecule has 0 atom stereocenters. The SMILES string of the molecule is CC(C)(C)OC(CCC(OC(C)(C)C)OC(C)(C)C)OC(C)(C)C. The number of ether oxygens (including phenoxy) is 4. The van der Waals surface area contributed by atoms with E-state index in [4.69, 9.17) is 18.9 Å². The molecular formula is C20H42O4. The predicted octanol–water partition coefficient (Wildman–Crippen LogP) is 5.68. The first-order chi connectivity index (χ1) is 10.4. The second-order valence-electron chi connectivity index (χ2n) is 10.4. The molecule has 4 heteroatoms. The molecule has 0 aromatic carbocycles. The molecule has 0 radical (unpaired) electrons. The third-order valence-electron chi connectivity index (χ3n) is 2.58. The zero-order valence-electron chi connectivity index (χ0n) is 18.2. The molecule has 0 heterocycles. The molecule has 0 bridgehead atoms. The van der Waals surface area contributed by atoms with Crippen LogP contribution in [0.2, 0.25) is 0 Å². The molecule has 4 nitrogen and oxygen atoms in total. The van der Waals surface area contributed by atoms with Crippen LogP contribution in [0.1, 0.15) is 95.9 Å². The van der Waals surface area contributed by atoms with Gasteiger partial charge in [0.25, 0.3) is 0 Å². The number of hydrogen-bond acceptors (Lipinski definition) is 4. The molecule has 0 aromatic heterocycles. The van der Waals surface area contributed by atoms with Crippen LogP contribution in [0.3, 0.4) is 0 Å². The van der Waals surface area contributed by atoms with Crippen molar-refractivity contribution in [2.45, 2.75) is 131 Å². The van der Waals surface area contributed by atoms with E-state index in [1.54, 1.807) is 0 Å². The van der Waals surface area contributed by atoms with Crippen LogP contribution in [-0.2, 0) is 18.9 Å². The van der Waals surface area contributed by atoms with E-state index >= 15 is 0 Å². The van der Waals surface area contributed by atoms with E-state index in [1.165, 1.54) is 0 Å². The first-order valence-corrected chi connectivity index (χ1v) is 9.08. The fourth-order valence-corrected chi connectivity index (χ4v) is 2.13. The monoisotopic (exact) mass is 346 g/mol. The Labute approximate surface area is 150 Å². The van der Waals surface area contributed by atoms with Crippen molar-refractivity contribution in [1.29, 1.82) is 0 Å². The van der Waals surface area contributed by atoms with Crippen molar-refractivity contribution in [3.05, 3.63) is 0 Å². The summed E-state index contributed by atoms with van der Waals surface area (Å²) in [6.07, 6.45) is 0.843. The Morgan fingerprint density at radius 2 is 0.583 bits per heavy atom. The van der Waals surface area contributed by atoms with Crippen molar-refractivity contribution >= 4 is 0 Å². The third kappa shape index (κ3) is 15.4. The summed E-state index contributed by atoms with van der Waals surface area (Å²) in [6.45, 7) is 24.5. The van der Waals surface area contributed by atoms with Crippen LogP contribution in [0.4, 0.5) is 0 Å². The van der Waals surface area contributed by atoms with E-state index in [-0.39, 0.29) is 35.0 Å². The summed E-state index contributed by atoms with van der Waals surface area (Å²) >= 11 is 0. The van der Waals surface area contributed by atoms with Gasteiger partial charge in [0.2, 0.25) is 0 Å². The molecule has 0 saturated heterocycles. The highest BCUT2D eigenvalue weighted by molar-refractivity contribution is 4.70. The van der Waals surface area contributed by atoms with Gasteiger partial charge in [-0.05, 0) is 83.1 Å². The second-order valence-corrected chi connectivity index (χ2v) is 10.4. The van der Waals surface area contributed by atoms with Gasteiger partial charge in [0, 0.05) is 12.8 Å². The Kier molecular flexibility index (Phi) is 8.42. The number of rotatable bonds is 7. The average Bonchev–Trinajstić information content (AvgIpc) is 2.16. The molecule has 24 heavy (non-hydrogen) atoms. The van der Waals surface area contributed by atoms with Gasteiger partial charge in [0.05, 0.1) is 22.4 Å². The van der Waals surface area contributed by atoms with Crippen molar-refractivity contribution in [3.63, 3.8) is 0 Å². The lowest BCUT2D eigenvalue weighted by Gasteiger charge is -2.36. The van der Waals surface area contributed by atoms with Gasteiger partial charge in [-0.3, -0.25) is 0 Å². The molecule has 0 fully saturated rings. The molecule has 0 N–H and O–H groups in total. The fourth-order valence-electron chi connectivity index (χ4n) is 2.13. The first-order valence-electron chi connectivity index (χ1n) is 9.08. The first kappa shape index (κ1) is 23.8. The maximum Gasteiger partial charge on any atom is 0.159 e. The lowest BCUT2D eigenvalue weighted by atomic mass is 10.1. The van der Waals surface area contributed by atoms with Crippen LogP contribution in [-0.4, -0.2) is 35.0 Å². The summed E-state index contributed by atoms with van der Waals surface area (Å²) in [5.74, 6) is 0. The molecule has 0 rings (SSSR count). The fraction of sp³-hybridized carbons (Fsp3) is 1.00. The van der Waals surface area contributed by atoms with E-state index in [9.17, 15) is 0 Å². The summed E-state index contributed by atoms with van der Waals surface area (Å²) in [5.41, 5.74) is -1.05. The lowest BCUT2D eigenvalue weighted by molar-refractivity contribution is -0.262. The normalized spacial score (nSPS) is 14.8. The van der Waals surface area contributed by atoms with Crippen molar-refractivity contribution in [1.82, 2.24) is 0 Å². The van der Waals surface area contributed by atoms with E-state index < -0.39 is 0 Å². The van der Waals surface area contributed by atoms with Crippen molar-refractivity contribution in [2.24, 2.45) is 0 Å². The molecule has 0 amide bonds. The van der Waals surface area contributed by atoms with Crippen molar-refractivity contribution in [2.75, 3.05) is 0 Å². The van der Waals surface area contributed by atoms with E-state index in [0.717, 1.165) is 0 Å². The number of hydrogen-bond donors (Lipinski definition) is 0. The zero-order chi connectivity index (χ0) is 19.4. The Hall–Kier alpha value is -0.160. The second kappa shape index (κ2) is 8.48. The van der Waals surface area contributed by atoms with Crippen LogP contribution in [0, 0.1) is 0 Å². The molecule has 146 valence electrons.